The Labute approximate surface area is 82.3 Å². The minimum Gasteiger partial charge on any atom is -0.296 e. The van der Waals surface area contributed by atoms with E-state index in [0.29, 0.717) is 0 Å². The molecule has 0 aromatic rings. The Kier molecular flexibility index (Phi) is 4.23. The number of hydrogen-bond donors (Lipinski definition) is 0. The van der Waals surface area contributed by atoms with Crippen molar-refractivity contribution >= 4 is 0 Å². The summed E-state index contributed by atoms with van der Waals surface area (Å²) in [6.07, 6.45) is 14.4. The molecule has 0 aromatic carbocycles. The molecule has 1 unspecified atom stereocenters. The highest BCUT2D eigenvalue weighted by Gasteiger charge is 2.16. The van der Waals surface area contributed by atoms with E-state index in [9.17, 15) is 0 Å². The molecule has 1 heteroatoms. The highest BCUT2D eigenvalue weighted by molar-refractivity contribution is 5.03. The first-order valence-electron chi connectivity index (χ1n) is 5.45. The van der Waals surface area contributed by atoms with Crippen LogP contribution < -0.4 is 0 Å². The molecule has 13 heavy (non-hydrogen) atoms. The number of unbranched alkanes of at least 4 members (excludes halogenated alkanes) is 3. The maximum atomic E-state index is 2.31. The highest BCUT2D eigenvalue weighted by Crippen LogP contribution is 2.12. The molecule has 0 amide bonds. The van der Waals surface area contributed by atoms with Gasteiger partial charge in [0, 0.05) is 0 Å². The van der Waals surface area contributed by atoms with E-state index < -0.39 is 0 Å². The number of nitrogens with zero attached hydrogens (tertiary/aromatic N) is 1. The molecule has 1 aliphatic heterocycles. The van der Waals surface area contributed by atoms with Crippen molar-refractivity contribution < 1.29 is 4.48 Å². The predicted octanol–water partition coefficient (Wildman–Crippen LogP) is 3.10. The fraction of sp³-hybridized carbons (Fsp3) is 0.667. The maximum absolute atomic E-state index is 2.31. The maximum Gasteiger partial charge on any atom is 0.102 e. The van der Waals surface area contributed by atoms with Gasteiger partial charge in [-0.3, -0.25) is 4.48 Å². The standard InChI is InChI=1S/C12H22N/c1-3-4-5-7-10-13(2)11-8-6-9-12-13/h6,8-9,11H,3-5,7,10,12H2,1-2H3/q+1. The van der Waals surface area contributed by atoms with Crippen molar-refractivity contribution in [3.63, 3.8) is 0 Å². The summed E-state index contributed by atoms with van der Waals surface area (Å²) < 4.78 is 1.10. The summed E-state index contributed by atoms with van der Waals surface area (Å²) in [6, 6.07) is 0. The van der Waals surface area contributed by atoms with Crippen LogP contribution in [0.3, 0.4) is 0 Å². The molecule has 1 rings (SSSR count). The normalized spacial score (nSPS) is 26.6. The molecular formula is C12H22N+. The third-order valence-corrected chi connectivity index (χ3v) is 2.74. The summed E-state index contributed by atoms with van der Waals surface area (Å²) in [4.78, 5) is 0. The zero-order valence-corrected chi connectivity index (χ0v) is 9.00. The summed E-state index contributed by atoms with van der Waals surface area (Å²) in [6.45, 7) is 4.73. The molecule has 0 spiro atoms. The van der Waals surface area contributed by atoms with Gasteiger partial charge >= 0.3 is 0 Å². The number of rotatable bonds is 5. The average molecular weight is 180 g/mol. The molecule has 0 aliphatic carbocycles. The van der Waals surface area contributed by atoms with Crippen molar-refractivity contribution in [1.82, 2.24) is 0 Å². The minimum atomic E-state index is 1.10. The van der Waals surface area contributed by atoms with Crippen LogP contribution in [0.2, 0.25) is 0 Å². The Morgan fingerprint density at radius 3 is 2.62 bits per heavy atom. The summed E-state index contributed by atoms with van der Waals surface area (Å²) >= 11 is 0. The van der Waals surface area contributed by atoms with Gasteiger partial charge in [0.05, 0.1) is 19.8 Å². The van der Waals surface area contributed by atoms with Crippen LogP contribution in [0.15, 0.2) is 24.4 Å². The molecule has 1 aliphatic rings. The third-order valence-electron chi connectivity index (χ3n) is 2.74. The Bertz CT molecular complexity index is 193. The molecule has 1 nitrogen and oxygen atoms in total. The topological polar surface area (TPSA) is 0 Å². The summed E-state index contributed by atoms with van der Waals surface area (Å²) in [5, 5.41) is 0. The first-order chi connectivity index (χ1) is 6.27. The molecule has 1 heterocycles. The fourth-order valence-corrected chi connectivity index (χ4v) is 1.76. The zero-order chi connectivity index (χ0) is 9.57. The van der Waals surface area contributed by atoms with Gasteiger partial charge < -0.3 is 0 Å². The Balaban J connectivity index is 2.19. The monoisotopic (exact) mass is 180 g/mol. The predicted molar refractivity (Wildman–Crippen MR) is 58.3 cm³/mol. The Morgan fingerprint density at radius 1 is 1.15 bits per heavy atom. The number of allylic oxidation sites excluding steroid dienone is 2. The smallest absolute Gasteiger partial charge is 0.102 e. The Morgan fingerprint density at radius 2 is 2.00 bits per heavy atom. The molecule has 0 aromatic heterocycles. The van der Waals surface area contributed by atoms with Gasteiger partial charge in [-0.1, -0.05) is 25.8 Å². The van der Waals surface area contributed by atoms with E-state index in [1.54, 1.807) is 0 Å². The van der Waals surface area contributed by atoms with E-state index in [1.165, 1.54) is 38.8 Å². The molecule has 0 saturated heterocycles. The molecule has 0 saturated carbocycles. The number of hydrogen-bond acceptors (Lipinski definition) is 0. The van der Waals surface area contributed by atoms with E-state index in [1.807, 2.05) is 0 Å². The second-order valence-electron chi connectivity index (χ2n) is 4.22. The van der Waals surface area contributed by atoms with Gasteiger partial charge in [0.25, 0.3) is 0 Å². The first kappa shape index (κ1) is 10.5. The van der Waals surface area contributed by atoms with E-state index in [2.05, 4.69) is 38.4 Å². The van der Waals surface area contributed by atoms with Crippen LogP contribution in [0.1, 0.15) is 32.6 Å². The minimum absolute atomic E-state index is 1.10. The van der Waals surface area contributed by atoms with Gasteiger partial charge in [0.1, 0.15) is 6.54 Å². The highest BCUT2D eigenvalue weighted by atomic mass is 15.3. The van der Waals surface area contributed by atoms with Crippen LogP contribution in [0.4, 0.5) is 0 Å². The molecular weight excluding hydrogens is 158 g/mol. The lowest BCUT2D eigenvalue weighted by Gasteiger charge is -2.30. The summed E-state index contributed by atoms with van der Waals surface area (Å²) in [5.41, 5.74) is 0. The lowest BCUT2D eigenvalue weighted by atomic mass is 10.2. The molecule has 0 bridgehead atoms. The van der Waals surface area contributed by atoms with Crippen LogP contribution >= 0.6 is 0 Å². The molecule has 74 valence electrons. The van der Waals surface area contributed by atoms with E-state index in [4.69, 9.17) is 0 Å². The largest absolute Gasteiger partial charge is 0.296 e. The van der Waals surface area contributed by atoms with Gasteiger partial charge in [-0.25, -0.2) is 0 Å². The van der Waals surface area contributed by atoms with Crippen LogP contribution in [-0.4, -0.2) is 24.6 Å². The van der Waals surface area contributed by atoms with Crippen LogP contribution in [0.25, 0.3) is 0 Å². The Hall–Kier alpha value is -0.560. The van der Waals surface area contributed by atoms with Crippen molar-refractivity contribution in [3.8, 4) is 0 Å². The van der Waals surface area contributed by atoms with Crippen molar-refractivity contribution in [3.05, 3.63) is 24.4 Å². The zero-order valence-electron chi connectivity index (χ0n) is 9.00. The lowest BCUT2D eigenvalue weighted by molar-refractivity contribution is -0.854. The van der Waals surface area contributed by atoms with Gasteiger partial charge in [-0.2, -0.15) is 0 Å². The SMILES string of the molecule is CCCCCC[N+]1(C)C=CC=CC1. The van der Waals surface area contributed by atoms with Crippen molar-refractivity contribution in [2.24, 2.45) is 0 Å². The average Bonchev–Trinajstić information content (AvgIpc) is 2.14. The van der Waals surface area contributed by atoms with Gasteiger partial charge in [0.15, 0.2) is 0 Å². The number of likely N-dealkylation sites (N-methyl/N-ethyl adjacent to an activating group) is 1. The second-order valence-corrected chi connectivity index (χ2v) is 4.22. The van der Waals surface area contributed by atoms with E-state index in [-0.39, 0.29) is 0 Å². The quantitative estimate of drug-likeness (QED) is 0.450. The van der Waals surface area contributed by atoms with E-state index >= 15 is 0 Å². The lowest BCUT2D eigenvalue weighted by Crippen LogP contribution is -2.40. The summed E-state index contributed by atoms with van der Waals surface area (Å²) in [7, 11) is 2.31. The fourth-order valence-electron chi connectivity index (χ4n) is 1.76. The van der Waals surface area contributed by atoms with Gasteiger partial charge in [-0.05, 0) is 25.0 Å². The van der Waals surface area contributed by atoms with Crippen molar-refractivity contribution in [2.75, 3.05) is 20.1 Å². The summed E-state index contributed by atoms with van der Waals surface area (Å²) in [5.74, 6) is 0. The first-order valence-corrected chi connectivity index (χ1v) is 5.45. The van der Waals surface area contributed by atoms with Gasteiger partial charge in [-0.15, -0.1) is 0 Å². The van der Waals surface area contributed by atoms with Gasteiger partial charge in [0.2, 0.25) is 0 Å². The molecule has 0 radical (unpaired) electrons. The van der Waals surface area contributed by atoms with Crippen molar-refractivity contribution in [1.29, 1.82) is 0 Å². The second kappa shape index (κ2) is 5.23. The van der Waals surface area contributed by atoms with Crippen LogP contribution in [0.5, 0.6) is 0 Å². The molecule has 1 atom stereocenters. The number of quaternary nitrogens is 1. The molecule has 0 N–H and O–H groups in total. The van der Waals surface area contributed by atoms with Crippen LogP contribution in [0, 0.1) is 0 Å². The van der Waals surface area contributed by atoms with Crippen molar-refractivity contribution in [2.45, 2.75) is 32.6 Å². The molecule has 0 fully saturated rings. The van der Waals surface area contributed by atoms with E-state index in [0.717, 1.165) is 4.48 Å². The third kappa shape index (κ3) is 3.77. The van der Waals surface area contributed by atoms with Crippen LogP contribution in [-0.2, 0) is 0 Å².